The van der Waals surface area contributed by atoms with Crippen molar-refractivity contribution in [1.29, 1.82) is 0 Å². The van der Waals surface area contributed by atoms with E-state index in [1.807, 2.05) is 0 Å². The Kier molecular flexibility index (Phi) is 2.50. The first kappa shape index (κ1) is 8.80. The maximum Gasteiger partial charge on any atom is 0.194 e. The lowest BCUT2D eigenvalue weighted by Gasteiger charge is -2.02. The summed E-state index contributed by atoms with van der Waals surface area (Å²) < 4.78 is 12.7. The van der Waals surface area contributed by atoms with E-state index in [9.17, 15) is 4.39 Å². The van der Waals surface area contributed by atoms with Crippen LogP contribution in [-0.2, 0) is 6.42 Å². The molecule has 0 aliphatic carbocycles. The molecule has 0 fully saturated rings. The van der Waals surface area contributed by atoms with Gasteiger partial charge in [-0.1, -0.05) is 0 Å². The first-order valence-corrected chi connectivity index (χ1v) is 3.46. The molecule has 0 bridgehead atoms. The first-order chi connectivity index (χ1) is 5.65. The molecule has 0 aliphatic heterocycles. The third kappa shape index (κ3) is 1.65. The summed E-state index contributed by atoms with van der Waals surface area (Å²) in [6.07, 6.45) is 0.255. The van der Waals surface area contributed by atoms with Gasteiger partial charge in [0.2, 0.25) is 0 Å². The number of halogens is 1. The number of hydrogen-bond acceptors (Lipinski definition) is 3. The number of aromatic hydroxyl groups is 2. The number of benzene rings is 1. The monoisotopic (exact) mass is 172 g/mol. The van der Waals surface area contributed by atoms with Gasteiger partial charge in [-0.15, -0.1) is 0 Å². The molecule has 66 valence electrons. The molecule has 0 spiro atoms. The summed E-state index contributed by atoms with van der Waals surface area (Å²) in [6, 6.07) is 2.29. The van der Waals surface area contributed by atoms with Gasteiger partial charge in [0.15, 0.2) is 17.3 Å². The molecule has 1 aromatic rings. The lowest BCUT2D eigenvalue weighted by atomic mass is 10.1. The number of phenols is 2. The quantitative estimate of drug-likeness (QED) is 0.577. The molecule has 0 unspecified atom stereocenters. The van der Waals surface area contributed by atoms with Crippen LogP contribution < -0.4 is 0 Å². The van der Waals surface area contributed by atoms with Gasteiger partial charge >= 0.3 is 0 Å². The van der Waals surface area contributed by atoms with Gasteiger partial charge in [-0.05, 0) is 24.1 Å². The molecule has 0 saturated heterocycles. The van der Waals surface area contributed by atoms with Gasteiger partial charge in [0.1, 0.15) is 0 Å². The van der Waals surface area contributed by atoms with Crippen LogP contribution in [0.2, 0.25) is 0 Å². The predicted molar refractivity (Wildman–Crippen MR) is 40.5 cm³/mol. The molecule has 0 radical (unpaired) electrons. The zero-order chi connectivity index (χ0) is 9.14. The van der Waals surface area contributed by atoms with Crippen LogP contribution in [0.1, 0.15) is 5.56 Å². The summed E-state index contributed by atoms with van der Waals surface area (Å²) in [5.74, 6) is -2.13. The van der Waals surface area contributed by atoms with Gasteiger partial charge in [0.25, 0.3) is 0 Å². The fourth-order valence-corrected chi connectivity index (χ4v) is 0.913. The maximum absolute atomic E-state index is 12.7. The van der Waals surface area contributed by atoms with Crippen molar-refractivity contribution < 1.29 is 19.7 Å². The van der Waals surface area contributed by atoms with Gasteiger partial charge < -0.3 is 15.3 Å². The summed E-state index contributed by atoms with van der Waals surface area (Å²) in [4.78, 5) is 0. The van der Waals surface area contributed by atoms with Crippen molar-refractivity contribution in [3.05, 3.63) is 23.5 Å². The largest absolute Gasteiger partial charge is 0.504 e. The Hall–Kier alpha value is -1.29. The molecule has 3 nitrogen and oxygen atoms in total. The molecular formula is C8H9FO3. The van der Waals surface area contributed by atoms with Gasteiger partial charge in [0.05, 0.1) is 0 Å². The van der Waals surface area contributed by atoms with Crippen molar-refractivity contribution in [2.75, 3.05) is 6.61 Å². The minimum atomic E-state index is -0.876. The number of aliphatic hydroxyl groups excluding tert-OH is 1. The van der Waals surface area contributed by atoms with Crippen LogP contribution in [0, 0.1) is 5.82 Å². The van der Waals surface area contributed by atoms with Gasteiger partial charge in [0, 0.05) is 6.61 Å². The summed E-state index contributed by atoms with van der Waals surface area (Å²) >= 11 is 0. The number of hydrogen-bond donors (Lipinski definition) is 3. The van der Waals surface area contributed by atoms with E-state index in [1.54, 1.807) is 0 Å². The minimum Gasteiger partial charge on any atom is -0.504 e. The molecule has 0 aliphatic rings. The smallest absolute Gasteiger partial charge is 0.194 e. The Morgan fingerprint density at radius 2 is 1.92 bits per heavy atom. The van der Waals surface area contributed by atoms with Crippen LogP contribution in [0.5, 0.6) is 11.5 Å². The van der Waals surface area contributed by atoms with Crippen LogP contribution in [0.15, 0.2) is 12.1 Å². The molecular weight excluding hydrogens is 163 g/mol. The normalized spacial score (nSPS) is 10.2. The molecule has 0 amide bonds. The number of rotatable bonds is 2. The highest BCUT2D eigenvalue weighted by atomic mass is 19.1. The van der Waals surface area contributed by atoms with Crippen molar-refractivity contribution in [3.8, 4) is 11.5 Å². The maximum atomic E-state index is 12.7. The average molecular weight is 172 g/mol. The van der Waals surface area contributed by atoms with E-state index in [4.69, 9.17) is 15.3 Å². The predicted octanol–water partition coefficient (Wildman–Crippen LogP) is 0.772. The van der Waals surface area contributed by atoms with Crippen LogP contribution >= 0.6 is 0 Å². The van der Waals surface area contributed by atoms with Crippen LogP contribution in [0.25, 0.3) is 0 Å². The molecule has 1 aromatic carbocycles. The first-order valence-electron chi connectivity index (χ1n) is 3.46. The van der Waals surface area contributed by atoms with Crippen LogP contribution in [-0.4, -0.2) is 21.9 Å². The Morgan fingerprint density at radius 1 is 1.25 bits per heavy atom. The zero-order valence-electron chi connectivity index (χ0n) is 6.29. The average Bonchev–Trinajstić information content (AvgIpc) is 2.01. The third-order valence-electron chi connectivity index (χ3n) is 1.50. The van der Waals surface area contributed by atoms with Gasteiger partial charge in [-0.3, -0.25) is 0 Å². The fourth-order valence-electron chi connectivity index (χ4n) is 0.913. The van der Waals surface area contributed by atoms with Crippen molar-refractivity contribution in [3.63, 3.8) is 0 Å². The van der Waals surface area contributed by atoms with E-state index in [0.29, 0.717) is 5.56 Å². The van der Waals surface area contributed by atoms with E-state index in [1.165, 1.54) is 6.07 Å². The summed E-state index contributed by atoms with van der Waals surface area (Å²) in [5, 5.41) is 26.3. The molecule has 4 heteroatoms. The Bertz CT molecular complexity index is 263. The SMILES string of the molecule is OCCc1cc(O)c(O)c(F)c1. The van der Waals surface area contributed by atoms with Crippen LogP contribution in [0.3, 0.4) is 0 Å². The summed E-state index contributed by atoms with van der Waals surface area (Å²) in [7, 11) is 0. The van der Waals surface area contributed by atoms with E-state index < -0.39 is 17.3 Å². The highest BCUT2D eigenvalue weighted by Crippen LogP contribution is 2.28. The van der Waals surface area contributed by atoms with Gasteiger partial charge in [-0.2, -0.15) is 0 Å². The Morgan fingerprint density at radius 3 is 2.42 bits per heavy atom. The van der Waals surface area contributed by atoms with Crippen molar-refractivity contribution in [2.45, 2.75) is 6.42 Å². The third-order valence-corrected chi connectivity index (χ3v) is 1.50. The van der Waals surface area contributed by atoms with E-state index in [0.717, 1.165) is 6.07 Å². The molecule has 0 saturated carbocycles. The van der Waals surface area contributed by atoms with Crippen LogP contribution in [0.4, 0.5) is 4.39 Å². The molecule has 0 heterocycles. The summed E-state index contributed by atoms with van der Waals surface area (Å²) in [5.41, 5.74) is 0.449. The molecule has 12 heavy (non-hydrogen) atoms. The molecule has 1 rings (SSSR count). The summed E-state index contributed by atoms with van der Waals surface area (Å²) in [6.45, 7) is -0.121. The zero-order valence-corrected chi connectivity index (χ0v) is 6.29. The van der Waals surface area contributed by atoms with Gasteiger partial charge in [-0.25, -0.2) is 4.39 Å². The highest BCUT2D eigenvalue weighted by Gasteiger charge is 2.07. The van der Waals surface area contributed by atoms with Crippen molar-refractivity contribution in [2.24, 2.45) is 0 Å². The van der Waals surface area contributed by atoms with E-state index in [-0.39, 0.29) is 13.0 Å². The Balaban J connectivity index is 3.04. The number of aliphatic hydroxyl groups is 1. The van der Waals surface area contributed by atoms with Crippen molar-refractivity contribution >= 4 is 0 Å². The minimum absolute atomic E-state index is 0.121. The topological polar surface area (TPSA) is 60.7 Å². The van der Waals surface area contributed by atoms with Crippen molar-refractivity contribution in [1.82, 2.24) is 0 Å². The standard InChI is InChI=1S/C8H9FO3/c9-6-3-5(1-2-10)4-7(11)8(6)12/h3-4,10-12H,1-2H2. The van der Waals surface area contributed by atoms with E-state index >= 15 is 0 Å². The second-order valence-electron chi connectivity index (χ2n) is 2.42. The van der Waals surface area contributed by atoms with E-state index in [2.05, 4.69) is 0 Å². The second kappa shape index (κ2) is 3.40. The highest BCUT2D eigenvalue weighted by molar-refractivity contribution is 5.41. The molecule has 0 atom stereocenters. The molecule has 3 N–H and O–H groups in total. The number of phenolic OH excluding ortho intramolecular Hbond substituents is 2. The second-order valence-corrected chi connectivity index (χ2v) is 2.42. The lowest BCUT2D eigenvalue weighted by Crippen LogP contribution is -1.91. The fraction of sp³-hybridized carbons (Fsp3) is 0.250. The Labute approximate surface area is 68.7 Å². The molecule has 0 aromatic heterocycles. The lowest BCUT2D eigenvalue weighted by molar-refractivity contribution is 0.299.